The zero-order valence-electron chi connectivity index (χ0n) is 10.5. The Kier molecular flexibility index (Phi) is 2.99. The normalized spacial score (nSPS) is 27.4. The summed E-state index contributed by atoms with van der Waals surface area (Å²) >= 11 is 0. The molecule has 3 heteroatoms. The van der Waals surface area contributed by atoms with E-state index in [0.29, 0.717) is 18.0 Å². The van der Waals surface area contributed by atoms with E-state index in [9.17, 15) is 4.79 Å². The fraction of sp³-hybridized carbons (Fsp3) is 0.923. The predicted octanol–water partition coefficient (Wildman–Crippen LogP) is 1.81. The van der Waals surface area contributed by atoms with E-state index < -0.39 is 0 Å². The molecule has 0 aliphatic heterocycles. The minimum Gasteiger partial charge on any atom is -0.353 e. The Hall–Kier alpha value is -0.570. The van der Waals surface area contributed by atoms with Crippen molar-refractivity contribution in [1.82, 2.24) is 5.32 Å². The number of hydrogen-bond donors (Lipinski definition) is 2. The highest BCUT2D eigenvalue weighted by atomic mass is 16.2. The maximum absolute atomic E-state index is 12.0. The summed E-state index contributed by atoms with van der Waals surface area (Å²) < 4.78 is 0. The highest BCUT2D eigenvalue weighted by molar-refractivity contribution is 5.85. The summed E-state index contributed by atoms with van der Waals surface area (Å²) in [6.45, 7) is 5.14. The van der Waals surface area contributed by atoms with E-state index in [1.807, 2.05) is 0 Å². The monoisotopic (exact) mass is 224 g/mol. The number of nitrogens with one attached hydrogen (secondary N) is 1. The summed E-state index contributed by atoms with van der Waals surface area (Å²) in [5, 5.41) is 3.19. The van der Waals surface area contributed by atoms with Crippen molar-refractivity contribution in [1.29, 1.82) is 0 Å². The molecule has 3 N–H and O–H groups in total. The average molecular weight is 224 g/mol. The molecule has 0 aromatic rings. The van der Waals surface area contributed by atoms with Gasteiger partial charge in [-0.15, -0.1) is 0 Å². The first kappa shape index (κ1) is 11.9. The third kappa shape index (κ3) is 2.40. The first-order valence-corrected chi connectivity index (χ1v) is 6.49. The van der Waals surface area contributed by atoms with Gasteiger partial charge in [0.15, 0.2) is 0 Å². The molecular formula is C13H24N2O. The number of rotatable bonds is 3. The zero-order chi connectivity index (χ0) is 11.8. The van der Waals surface area contributed by atoms with Crippen molar-refractivity contribution in [3.05, 3.63) is 0 Å². The van der Waals surface area contributed by atoms with E-state index in [4.69, 9.17) is 5.73 Å². The van der Waals surface area contributed by atoms with Crippen LogP contribution in [-0.4, -0.2) is 18.5 Å². The predicted molar refractivity (Wildman–Crippen MR) is 64.9 cm³/mol. The minimum absolute atomic E-state index is 0.188. The molecule has 0 spiro atoms. The molecule has 0 heterocycles. The SMILES string of the molecule is CC1(C)CCC(NC(=O)C2(CN)CC2)CC1. The van der Waals surface area contributed by atoms with E-state index in [-0.39, 0.29) is 11.3 Å². The molecule has 2 rings (SSSR count). The molecule has 0 radical (unpaired) electrons. The molecule has 2 saturated carbocycles. The van der Waals surface area contributed by atoms with E-state index in [2.05, 4.69) is 19.2 Å². The van der Waals surface area contributed by atoms with Crippen molar-refractivity contribution in [2.24, 2.45) is 16.6 Å². The number of hydrogen-bond acceptors (Lipinski definition) is 2. The summed E-state index contributed by atoms with van der Waals surface area (Å²) in [5.41, 5.74) is 5.93. The van der Waals surface area contributed by atoms with Gasteiger partial charge in [0.2, 0.25) is 5.91 Å². The zero-order valence-corrected chi connectivity index (χ0v) is 10.5. The molecule has 2 fully saturated rings. The number of carbonyl (C=O) groups excluding carboxylic acids is 1. The fourth-order valence-electron chi connectivity index (χ4n) is 2.56. The van der Waals surface area contributed by atoms with Crippen molar-refractivity contribution in [2.75, 3.05) is 6.54 Å². The summed E-state index contributed by atoms with van der Waals surface area (Å²) in [4.78, 5) is 12.0. The average Bonchev–Trinajstić information content (AvgIpc) is 3.02. The lowest BCUT2D eigenvalue weighted by atomic mass is 9.75. The highest BCUT2D eigenvalue weighted by Crippen LogP contribution is 2.45. The maximum atomic E-state index is 12.0. The molecule has 3 nitrogen and oxygen atoms in total. The summed E-state index contributed by atoms with van der Waals surface area (Å²) in [6.07, 6.45) is 6.64. The van der Waals surface area contributed by atoms with Crippen molar-refractivity contribution < 1.29 is 4.79 Å². The summed E-state index contributed by atoms with van der Waals surface area (Å²) in [6, 6.07) is 0.393. The molecule has 0 unspecified atom stereocenters. The van der Waals surface area contributed by atoms with Crippen molar-refractivity contribution in [3.63, 3.8) is 0 Å². The molecule has 1 amide bonds. The molecule has 2 aliphatic rings. The Bertz CT molecular complexity index is 272. The third-order valence-corrected chi connectivity index (χ3v) is 4.40. The van der Waals surface area contributed by atoms with Crippen LogP contribution < -0.4 is 11.1 Å². The lowest BCUT2D eigenvalue weighted by molar-refractivity contribution is -0.127. The van der Waals surface area contributed by atoms with Crippen LogP contribution in [0, 0.1) is 10.8 Å². The minimum atomic E-state index is -0.188. The van der Waals surface area contributed by atoms with Crippen molar-refractivity contribution in [2.45, 2.75) is 58.4 Å². The van der Waals surface area contributed by atoms with Crippen LogP contribution in [0.25, 0.3) is 0 Å². The summed E-state index contributed by atoms with van der Waals surface area (Å²) in [7, 11) is 0. The molecule has 2 aliphatic carbocycles. The van der Waals surface area contributed by atoms with Gasteiger partial charge in [-0.2, -0.15) is 0 Å². The van der Waals surface area contributed by atoms with Gasteiger partial charge in [0, 0.05) is 12.6 Å². The molecule has 16 heavy (non-hydrogen) atoms. The van der Waals surface area contributed by atoms with Gasteiger partial charge in [-0.25, -0.2) is 0 Å². The van der Waals surface area contributed by atoms with Gasteiger partial charge in [-0.3, -0.25) is 4.79 Å². The largest absolute Gasteiger partial charge is 0.353 e. The van der Waals surface area contributed by atoms with E-state index in [1.165, 1.54) is 12.8 Å². The molecule has 0 atom stereocenters. The smallest absolute Gasteiger partial charge is 0.227 e. The molecule has 0 bridgehead atoms. The highest BCUT2D eigenvalue weighted by Gasteiger charge is 2.49. The Balaban J connectivity index is 1.81. The van der Waals surface area contributed by atoms with E-state index >= 15 is 0 Å². The van der Waals surface area contributed by atoms with Crippen LogP contribution in [0.5, 0.6) is 0 Å². The first-order chi connectivity index (χ1) is 7.47. The third-order valence-electron chi connectivity index (χ3n) is 4.40. The van der Waals surface area contributed by atoms with Gasteiger partial charge < -0.3 is 11.1 Å². The Morgan fingerprint density at radius 3 is 2.25 bits per heavy atom. The van der Waals surface area contributed by atoms with Crippen LogP contribution in [0.3, 0.4) is 0 Å². The lowest BCUT2D eigenvalue weighted by Gasteiger charge is -2.35. The molecule has 0 saturated heterocycles. The standard InChI is InChI=1S/C13H24N2O/c1-12(2)5-3-10(4-6-12)15-11(16)13(9-14)7-8-13/h10H,3-9,14H2,1-2H3,(H,15,16). The maximum Gasteiger partial charge on any atom is 0.227 e. The van der Waals surface area contributed by atoms with Gasteiger partial charge >= 0.3 is 0 Å². The van der Waals surface area contributed by atoms with Crippen LogP contribution in [0.2, 0.25) is 0 Å². The number of amides is 1. The second-order valence-corrected chi connectivity index (χ2v) is 6.40. The molecular weight excluding hydrogens is 200 g/mol. The van der Waals surface area contributed by atoms with Crippen LogP contribution in [0.1, 0.15) is 52.4 Å². The van der Waals surface area contributed by atoms with Crippen LogP contribution in [0.4, 0.5) is 0 Å². The quantitative estimate of drug-likeness (QED) is 0.768. The van der Waals surface area contributed by atoms with Crippen LogP contribution in [0.15, 0.2) is 0 Å². The Labute approximate surface area is 98.2 Å². The Morgan fingerprint density at radius 1 is 1.25 bits per heavy atom. The van der Waals surface area contributed by atoms with Gasteiger partial charge in [-0.05, 0) is 43.9 Å². The van der Waals surface area contributed by atoms with Gasteiger partial charge in [0.25, 0.3) is 0 Å². The molecule has 0 aromatic heterocycles. The lowest BCUT2D eigenvalue weighted by Crippen LogP contribution is -2.44. The second-order valence-electron chi connectivity index (χ2n) is 6.40. The van der Waals surface area contributed by atoms with Crippen molar-refractivity contribution >= 4 is 5.91 Å². The van der Waals surface area contributed by atoms with Gasteiger partial charge in [0.1, 0.15) is 0 Å². The van der Waals surface area contributed by atoms with Crippen molar-refractivity contribution in [3.8, 4) is 0 Å². The number of carbonyl (C=O) groups is 1. The Morgan fingerprint density at radius 2 is 1.81 bits per heavy atom. The van der Waals surface area contributed by atoms with Gasteiger partial charge in [-0.1, -0.05) is 13.8 Å². The molecule has 92 valence electrons. The number of nitrogens with two attached hydrogens (primary N) is 1. The first-order valence-electron chi connectivity index (χ1n) is 6.49. The van der Waals surface area contributed by atoms with Crippen LogP contribution >= 0.6 is 0 Å². The molecule has 0 aromatic carbocycles. The van der Waals surface area contributed by atoms with E-state index in [0.717, 1.165) is 25.7 Å². The van der Waals surface area contributed by atoms with Crippen LogP contribution in [-0.2, 0) is 4.79 Å². The second kappa shape index (κ2) is 4.02. The summed E-state index contributed by atoms with van der Waals surface area (Å²) in [5.74, 6) is 0.208. The van der Waals surface area contributed by atoms with E-state index in [1.54, 1.807) is 0 Å². The topological polar surface area (TPSA) is 55.1 Å². The fourth-order valence-corrected chi connectivity index (χ4v) is 2.56. The van der Waals surface area contributed by atoms with Gasteiger partial charge in [0.05, 0.1) is 5.41 Å².